The largest absolute Gasteiger partial charge is 0.497 e. The summed E-state index contributed by atoms with van der Waals surface area (Å²) in [5.74, 6) is 0.250. The van der Waals surface area contributed by atoms with Gasteiger partial charge < -0.3 is 19.5 Å². The summed E-state index contributed by atoms with van der Waals surface area (Å²) >= 11 is 0. The fourth-order valence-electron chi connectivity index (χ4n) is 2.10. The molecule has 0 saturated carbocycles. The van der Waals surface area contributed by atoms with Crippen LogP contribution in [0.1, 0.15) is 0 Å². The first-order valence-corrected chi connectivity index (χ1v) is 7.95. The molecule has 0 spiro atoms. The summed E-state index contributed by atoms with van der Waals surface area (Å²) in [5, 5.41) is 2.59. The number of ether oxygens (including phenoxy) is 3. The summed E-state index contributed by atoms with van der Waals surface area (Å²) in [5.41, 5.74) is 0.357. The molecule has 138 valence electrons. The first-order chi connectivity index (χ1) is 13.1. The SMILES string of the molecule is COc1cccc(OCC(=O)Nc2cnc(Oc3ccccc3F)nc2)c1. The normalized spacial score (nSPS) is 10.1. The molecule has 3 aromatic rings. The molecule has 0 aliphatic rings. The number of halogens is 1. The molecule has 0 aliphatic heterocycles. The molecule has 27 heavy (non-hydrogen) atoms. The second kappa shape index (κ2) is 8.61. The zero-order chi connectivity index (χ0) is 19.1. The minimum absolute atomic E-state index is 0.0148. The maximum Gasteiger partial charge on any atom is 0.322 e. The predicted molar refractivity (Wildman–Crippen MR) is 95.6 cm³/mol. The van der Waals surface area contributed by atoms with Gasteiger partial charge in [0.2, 0.25) is 0 Å². The summed E-state index contributed by atoms with van der Waals surface area (Å²) in [6.07, 6.45) is 2.71. The van der Waals surface area contributed by atoms with Crippen molar-refractivity contribution in [2.75, 3.05) is 19.0 Å². The maximum absolute atomic E-state index is 13.5. The Morgan fingerprint density at radius 2 is 1.81 bits per heavy atom. The van der Waals surface area contributed by atoms with E-state index in [2.05, 4.69) is 15.3 Å². The molecule has 0 saturated heterocycles. The molecule has 0 atom stereocenters. The van der Waals surface area contributed by atoms with Crippen molar-refractivity contribution >= 4 is 11.6 Å². The summed E-state index contributed by atoms with van der Waals surface area (Å²) in [6, 6.07) is 12.8. The number of hydrogen-bond donors (Lipinski definition) is 1. The lowest BCUT2D eigenvalue weighted by atomic mass is 10.3. The van der Waals surface area contributed by atoms with Gasteiger partial charge >= 0.3 is 6.01 Å². The van der Waals surface area contributed by atoms with E-state index in [0.717, 1.165) is 0 Å². The molecule has 0 bridgehead atoms. The average Bonchev–Trinajstić information content (AvgIpc) is 2.70. The molecule has 2 aromatic carbocycles. The number of aromatic nitrogens is 2. The number of carbonyl (C=O) groups excluding carboxylic acids is 1. The Labute approximate surface area is 154 Å². The first-order valence-electron chi connectivity index (χ1n) is 7.95. The fraction of sp³-hybridized carbons (Fsp3) is 0.105. The summed E-state index contributed by atoms with van der Waals surface area (Å²) in [7, 11) is 1.55. The van der Waals surface area contributed by atoms with Crippen LogP contribution in [0.25, 0.3) is 0 Å². The Balaban J connectivity index is 1.53. The molecule has 1 N–H and O–H groups in total. The molecular weight excluding hydrogens is 353 g/mol. The van der Waals surface area contributed by atoms with Gasteiger partial charge in [0.1, 0.15) is 11.5 Å². The molecular formula is C19H16FN3O4. The van der Waals surface area contributed by atoms with Crippen LogP contribution in [0.15, 0.2) is 60.9 Å². The highest BCUT2D eigenvalue weighted by atomic mass is 19.1. The van der Waals surface area contributed by atoms with Crippen molar-refractivity contribution in [2.24, 2.45) is 0 Å². The van der Waals surface area contributed by atoms with Gasteiger partial charge in [0, 0.05) is 6.07 Å². The molecule has 8 heteroatoms. The van der Waals surface area contributed by atoms with Gasteiger partial charge in [0.05, 0.1) is 25.2 Å². The Kier molecular flexibility index (Phi) is 5.78. The third kappa shape index (κ3) is 5.15. The lowest BCUT2D eigenvalue weighted by Crippen LogP contribution is -2.20. The van der Waals surface area contributed by atoms with Gasteiger partial charge in [0.15, 0.2) is 18.2 Å². The predicted octanol–water partition coefficient (Wildman–Crippen LogP) is 3.43. The van der Waals surface area contributed by atoms with E-state index in [4.69, 9.17) is 14.2 Å². The molecule has 7 nitrogen and oxygen atoms in total. The molecule has 0 aliphatic carbocycles. The molecule has 1 heterocycles. The standard InChI is InChI=1S/C19H16FN3O4/c1-25-14-5-4-6-15(9-14)26-12-18(24)23-13-10-21-19(22-11-13)27-17-8-3-2-7-16(17)20/h2-11H,12H2,1H3,(H,23,24). The van der Waals surface area contributed by atoms with Crippen LogP contribution in [0.2, 0.25) is 0 Å². The number of nitrogens with zero attached hydrogens (tertiary/aromatic N) is 2. The van der Waals surface area contributed by atoms with Crippen LogP contribution in [-0.2, 0) is 4.79 Å². The topological polar surface area (TPSA) is 82.6 Å². The quantitative estimate of drug-likeness (QED) is 0.687. The van der Waals surface area contributed by atoms with Crippen molar-refractivity contribution in [3.8, 4) is 23.3 Å². The van der Waals surface area contributed by atoms with E-state index < -0.39 is 5.82 Å². The number of rotatable bonds is 7. The first kappa shape index (κ1) is 18.1. The summed E-state index contributed by atoms with van der Waals surface area (Å²) < 4.78 is 29.3. The summed E-state index contributed by atoms with van der Waals surface area (Å²) in [6.45, 7) is -0.194. The second-order valence-electron chi connectivity index (χ2n) is 5.30. The Morgan fingerprint density at radius 3 is 2.56 bits per heavy atom. The number of anilines is 1. The maximum atomic E-state index is 13.5. The number of nitrogens with one attached hydrogen (secondary N) is 1. The van der Waals surface area contributed by atoms with Crippen LogP contribution in [-0.4, -0.2) is 29.6 Å². The lowest BCUT2D eigenvalue weighted by Gasteiger charge is -2.09. The van der Waals surface area contributed by atoms with E-state index >= 15 is 0 Å². The van der Waals surface area contributed by atoms with Gasteiger partial charge in [0.25, 0.3) is 5.91 Å². The van der Waals surface area contributed by atoms with Gasteiger partial charge in [-0.25, -0.2) is 14.4 Å². The number of carbonyl (C=O) groups is 1. The fourth-order valence-corrected chi connectivity index (χ4v) is 2.10. The Morgan fingerprint density at radius 1 is 1.07 bits per heavy atom. The van der Waals surface area contributed by atoms with Gasteiger partial charge in [-0.05, 0) is 24.3 Å². The van der Waals surface area contributed by atoms with Gasteiger partial charge in [-0.3, -0.25) is 4.79 Å². The minimum atomic E-state index is -0.520. The van der Waals surface area contributed by atoms with Crippen molar-refractivity contribution in [3.05, 3.63) is 66.7 Å². The van der Waals surface area contributed by atoms with E-state index in [1.54, 1.807) is 43.5 Å². The molecule has 0 fully saturated rings. The number of benzene rings is 2. The van der Waals surface area contributed by atoms with Gasteiger partial charge in [-0.1, -0.05) is 18.2 Å². The number of methoxy groups -OCH3 is 1. The van der Waals surface area contributed by atoms with Crippen molar-refractivity contribution in [3.63, 3.8) is 0 Å². The molecule has 0 unspecified atom stereocenters. The lowest BCUT2D eigenvalue weighted by molar-refractivity contribution is -0.118. The van der Waals surface area contributed by atoms with E-state index in [-0.39, 0.29) is 24.3 Å². The van der Waals surface area contributed by atoms with Gasteiger partial charge in [-0.15, -0.1) is 0 Å². The van der Waals surface area contributed by atoms with Crippen LogP contribution >= 0.6 is 0 Å². The number of para-hydroxylation sites is 1. The highest BCUT2D eigenvalue weighted by Crippen LogP contribution is 2.21. The smallest absolute Gasteiger partial charge is 0.322 e. The molecule has 1 amide bonds. The zero-order valence-corrected chi connectivity index (χ0v) is 14.4. The minimum Gasteiger partial charge on any atom is -0.497 e. The zero-order valence-electron chi connectivity index (χ0n) is 14.4. The van der Waals surface area contributed by atoms with Crippen LogP contribution in [0.4, 0.5) is 10.1 Å². The van der Waals surface area contributed by atoms with Crippen molar-refractivity contribution in [1.29, 1.82) is 0 Å². The van der Waals surface area contributed by atoms with Crippen LogP contribution in [0.3, 0.4) is 0 Å². The van der Waals surface area contributed by atoms with Crippen molar-refractivity contribution in [1.82, 2.24) is 9.97 Å². The average molecular weight is 369 g/mol. The van der Waals surface area contributed by atoms with Crippen LogP contribution < -0.4 is 19.5 Å². The molecule has 3 rings (SSSR count). The van der Waals surface area contributed by atoms with Crippen molar-refractivity contribution in [2.45, 2.75) is 0 Å². The third-order valence-corrected chi connectivity index (χ3v) is 3.36. The van der Waals surface area contributed by atoms with E-state index in [1.165, 1.54) is 24.5 Å². The highest BCUT2D eigenvalue weighted by molar-refractivity contribution is 5.91. The Bertz CT molecular complexity index is 919. The highest BCUT2D eigenvalue weighted by Gasteiger charge is 2.08. The molecule has 0 radical (unpaired) electrons. The monoisotopic (exact) mass is 369 g/mol. The Hall–Kier alpha value is -3.68. The van der Waals surface area contributed by atoms with Crippen LogP contribution in [0.5, 0.6) is 23.3 Å². The van der Waals surface area contributed by atoms with E-state index in [1.807, 2.05) is 0 Å². The van der Waals surface area contributed by atoms with E-state index in [0.29, 0.717) is 17.2 Å². The second-order valence-corrected chi connectivity index (χ2v) is 5.30. The van der Waals surface area contributed by atoms with Gasteiger partial charge in [-0.2, -0.15) is 0 Å². The number of hydrogen-bond acceptors (Lipinski definition) is 6. The molecule has 1 aromatic heterocycles. The van der Waals surface area contributed by atoms with Crippen molar-refractivity contribution < 1.29 is 23.4 Å². The van der Waals surface area contributed by atoms with E-state index in [9.17, 15) is 9.18 Å². The van der Waals surface area contributed by atoms with Crippen LogP contribution in [0, 0.1) is 5.82 Å². The third-order valence-electron chi connectivity index (χ3n) is 3.36. The summed E-state index contributed by atoms with van der Waals surface area (Å²) in [4.78, 5) is 19.8. The number of amides is 1.